The third-order valence-electron chi connectivity index (χ3n) is 4.55. The lowest BCUT2D eigenvalue weighted by molar-refractivity contribution is -0.117. The number of hydrogen-bond donors (Lipinski definition) is 1. The van der Waals surface area contributed by atoms with E-state index in [4.69, 9.17) is 0 Å². The Labute approximate surface area is 145 Å². The highest BCUT2D eigenvalue weighted by atomic mass is 16.2. The molecule has 0 bridgehead atoms. The van der Waals surface area contributed by atoms with Gasteiger partial charge in [-0.2, -0.15) is 10.2 Å². The summed E-state index contributed by atoms with van der Waals surface area (Å²) >= 11 is 0. The Kier molecular flexibility index (Phi) is 3.76. The summed E-state index contributed by atoms with van der Waals surface area (Å²) in [5.74, 6) is 0.0693. The molecule has 1 saturated heterocycles. The van der Waals surface area contributed by atoms with Crippen LogP contribution in [0.4, 0.5) is 11.4 Å². The van der Waals surface area contributed by atoms with Crippen molar-refractivity contribution >= 4 is 17.3 Å². The minimum absolute atomic E-state index is 0.0693. The first-order chi connectivity index (χ1) is 12.1. The molecule has 0 aliphatic carbocycles. The van der Waals surface area contributed by atoms with Gasteiger partial charge in [-0.05, 0) is 25.5 Å². The van der Waals surface area contributed by atoms with Gasteiger partial charge in [-0.3, -0.25) is 9.48 Å². The van der Waals surface area contributed by atoms with Crippen molar-refractivity contribution in [1.82, 2.24) is 19.6 Å². The molecular formula is C18H20N6O. The molecule has 1 aliphatic heterocycles. The van der Waals surface area contributed by atoms with Gasteiger partial charge in [0.2, 0.25) is 5.91 Å². The molecule has 4 rings (SSSR count). The quantitative estimate of drug-likeness (QED) is 0.792. The van der Waals surface area contributed by atoms with Crippen molar-refractivity contribution in [2.24, 2.45) is 7.05 Å². The molecule has 128 valence electrons. The van der Waals surface area contributed by atoms with Crippen molar-refractivity contribution in [3.05, 3.63) is 54.6 Å². The summed E-state index contributed by atoms with van der Waals surface area (Å²) in [4.78, 5) is 14.5. The zero-order valence-corrected chi connectivity index (χ0v) is 14.3. The predicted octanol–water partition coefficient (Wildman–Crippen LogP) is 2.13. The minimum Gasteiger partial charge on any atom is -0.371 e. The molecule has 1 aliphatic rings. The van der Waals surface area contributed by atoms with Gasteiger partial charge < -0.3 is 10.2 Å². The van der Waals surface area contributed by atoms with Gasteiger partial charge in [0.25, 0.3) is 0 Å². The molecule has 1 amide bonds. The van der Waals surface area contributed by atoms with Gasteiger partial charge in [0, 0.05) is 19.8 Å². The lowest BCUT2D eigenvalue weighted by atomic mass is 10.2. The number of benzene rings is 1. The van der Waals surface area contributed by atoms with E-state index in [1.165, 1.54) is 0 Å². The highest BCUT2D eigenvalue weighted by Crippen LogP contribution is 2.25. The molecule has 1 aromatic carbocycles. The number of anilines is 2. The zero-order valence-electron chi connectivity index (χ0n) is 14.3. The van der Waals surface area contributed by atoms with E-state index in [1.54, 1.807) is 22.0 Å². The molecule has 0 radical (unpaired) electrons. The zero-order chi connectivity index (χ0) is 17.4. The van der Waals surface area contributed by atoms with Gasteiger partial charge in [-0.1, -0.05) is 18.2 Å². The van der Waals surface area contributed by atoms with E-state index in [0.29, 0.717) is 6.54 Å². The lowest BCUT2D eigenvalue weighted by Gasteiger charge is -2.15. The van der Waals surface area contributed by atoms with Crippen LogP contribution >= 0.6 is 0 Å². The van der Waals surface area contributed by atoms with E-state index < -0.39 is 0 Å². The summed E-state index contributed by atoms with van der Waals surface area (Å²) in [6.07, 6.45) is 6.12. The Hall–Kier alpha value is -3.09. The number of amides is 1. The monoisotopic (exact) mass is 336 g/mol. The Morgan fingerprint density at radius 3 is 2.64 bits per heavy atom. The van der Waals surface area contributed by atoms with Crippen LogP contribution in [0.2, 0.25) is 0 Å². The van der Waals surface area contributed by atoms with Crippen LogP contribution in [0.1, 0.15) is 12.1 Å². The molecule has 7 nitrogen and oxygen atoms in total. The van der Waals surface area contributed by atoms with Crippen LogP contribution in [-0.4, -0.2) is 38.1 Å². The maximum Gasteiger partial charge on any atom is 0.249 e. The Balaban J connectivity index is 1.52. The van der Waals surface area contributed by atoms with Gasteiger partial charge in [0.1, 0.15) is 6.04 Å². The molecule has 3 aromatic rings. The van der Waals surface area contributed by atoms with Crippen molar-refractivity contribution in [2.75, 3.05) is 16.8 Å². The van der Waals surface area contributed by atoms with Crippen LogP contribution < -0.4 is 10.2 Å². The van der Waals surface area contributed by atoms with Gasteiger partial charge in [0.15, 0.2) is 0 Å². The van der Waals surface area contributed by atoms with E-state index in [9.17, 15) is 4.79 Å². The molecule has 7 heteroatoms. The van der Waals surface area contributed by atoms with E-state index in [0.717, 1.165) is 29.2 Å². The number of aromatic nitrogens is 4. The third-order valence-corrected chi connectivity index (χ3v) is 4.55. The topological polar surface area (TPSA) is 68.0 Å². The molecule has 25 heavy (non-hydrogen) atoms. The Bertz CT molecular complexity index is 897. The lowest BCUT2D eigenvalue weighted by Crippen LogP contribution is -2.33. The van der Waals surface area contributed by atoms with E-state index in [2.05, 4.69) is 15.5 Å². The van der Waals surface area contributed by atoms with Crippen molar-refractivity contribution in [2.45, 2.75) is 19.4 Å². The van der Waals surface area contributed by atoms with Crippen LogP contribution in [0.15, 0.2) is 48.9 Å². The third kappa shape index (κ3) is 2.77. The fourth-order valence-electron chi connectivity index (χ4n) is 3.19. The highest BCUT2D eigenvalue weighted by Gasteiger charge is 2.33. The summed E-state index contributed by atoms with van der Waals surface area (Å²) in [6, 6.07) is 9.72. The van der Waals surface area contributed by atoms with Gasteiger partial charge in [-0.25, -0.2) is 4.68 Å². The average Bonchev–Trinajstić information content (AvgIpc) is 3.30. The number of para-hydroxylation sites is 1. The SMILES string of the molecule is Cc1c(N[C@@H]2CCN(c3cnn(C)c3)C2=O)cnn1-c1ccccc1. The first-order valence-electron chi connectivity index (χ1n) is 8.30. The molecule has 1 fully saturated rings. The second-order valence-corrected chi connectivity index (χ2v) is 6.24. The summed E-state index contributed by atoms with van der Waals surface area (Å²) in [6.45, 7) is 2.69. The maximum absolute atomic E-state index is 12.7. The number of hydrogen-bond acceptors (Lipinski definition) is 4. The molecule has 0 spiro atoms. The Morgan fingerprint density at radius 2 is 1.92 bits per heavy atom. The van der Waals surface area contributed by atoms with Crippen molar-refractivity contribution in [3.8, 4) is 5.69 Å². The first-order valence-corrected chi connectivity index (χ1v) is 8.30. The standard InChI is InChI=1S/C18H20N6O/c1-13-17(11-20-24(13)14-6-4-3-5-7-14)21-16-8-9-23(18(16)25)15-10-19-22(2)12-15/h3-7,10-12,16,21H,8-9H2,1-2H3/t16-/m1/s1. The normalized spacial score (nSPS) is 17.3. The van der Waals surface area contributed by atoms with Crippen molar-refractivity contribution < 1.29 is 4.79 Å². The molecular weight excluding hydrogens is 316 g/mol. The average molecular weight is 336 g/mol. The minimum atomic E-state index is -0.243. The van der Waals surface area contributed by atoms with Crippen LogP contribution in [0, 0.1) is 6.92 Å². The number of nitrogens with zero attached hydrogens (tertiary/aromatic N) is 5. The number of aryl methyl sites for hydroxylation is 1. The fraction of sp³-hybridized carbons (Fsp3) is 0.278. The first kappa shape index (κ1) is 15.4. The highest BCUT2D eigenvalue weighted by molar-refractivity contribution is 6.00. The van der Waals surface area contributed by atoms with Crippen LogP contribution in [0.3, 0.4) is 0 Å². The van der Waals surface area contributed by atoms with Crippen molar-refractivity contribution in [1.29, 1.82) is 0 Å². The number of carbonyl (C=O) groups excluding carboxylic acids is 1. The maximum atomic E-state index is 12.7. The molecule has 0 saturated carbocycles. The smallest absolute Gasteiger partial charge is 0.249 e. The van der Waals surface area contributed by atoms with Crippen LogP contribution in [0.25, 0.3) is 5.69 Å². The summed E-state index contributed by atoms with van der Waals surface area (Å²) in [5.41, 5.74) is 3.71. The number of carbonyl (C=O) groups is 1. The Morgan fingerprint density at radius 1 is 1.12 bits per heavy atom. The number of nitrogens with one attached hydrogen (secondary N) is 1. The van der Waals surface area contributed by atoms with Crippen LogP contribution in [0.5, 0.6) is 0 Å². The van der Waals surface area contributed by atoms with E-state index in [-0.39, 0.29) is 11.9 Å². The van der Waals surface area contributed by atoms with Crippen LogP contribution in [-0.2, 0) is 11.8 Å². The summed E-state index contributed by atoms with van der Waals surface area (Å²) in [7, 11) is 1.85. The van der Waals surface area contributed by atoms with E-state index >= 15 is 0 Å². The second-order valence-electron chi connectivity index (χ2n) is 6.24. The fourth-order valence-corrected chi connectivity index (χ4v) is 3.19. The van der Waals surface area contributed by atoms with Gasteiger partial charge >= 0.3 is 0 Å². The van der Waals surface area contributed by atoms with Crippen molar-refractivity contribution in [3.63, 3.8) is 0 Å². The predicted molar refractivity (Wildman–Crippen MR) is 95.9 cm³/mol. The largest absolute Gasteiger partial charge is 0.371 e. The number of rotatable bonds is 4. The van der Waals surface area contributed by atoms with E-state index in [1.807, 2.05) is 55.2 Å². The summed E-state index contributed by atoms with van der Waals surface area (Å²) in [5, 5.41) is 11.9. The molecule has 0 unspecified atom stereocenters. The van der Waals surface area contributed by atoms with Gasteiger partial charge in [-0.15, -0.1) is 0 Å². The summed E-state index contributed by atoms with van der Waals surface area (Å²) < 4.78 is 3.58. The molecule has 3 heterocycles. The van der Waals surface area contributed by atoms with Gasteiger partial charge in [0.05, 0.1) is 35.1 Å². The molecule has 1 atom stereocenters. The molecule has 2 aromatic heterocycles. The second kappa shape index (κ2) is 6.08. The molecule has 1 N–H and O–H groups in total.